The smallest absolute Gasteiger partial charge is 0.258 e. The zero-order chi connectivity index (χ0) is 15.4. The lowest BCUT2D eigenvalue weighted by atomic mass is 10.1. The van der Waals surface area contributed by atoms with Crippen molar-refractivity contribution in [1.29, 1.82) is 0 Å². The maximum absolute atomic E-state index is 6.14. The Morgan fingerprint density at radius 1 is 1.33 bits per heavy atom. The van der Waals surface area contributed by atoms with Gasteiger partial charge in [-0.25, -0.2) is 0 Å². The molecule has 0 radical (unpaired) electrons. The molecule has 1 unspecified atom stereocenters. The number of nitrogens with zero attached hydrogens (tertiary/aromatic N) is 3. The van der Waals surface area contributed by atoms with E-state index in [2.05, 4.69) is 28.9 Å². The van der Waals surface area contributed by atoms with E-state index in [9.17, 15) is 0 Å². The number of halogens is 1. The van der Waals surface area contributed by atoms with Gasteiger partial charge in [0.2, 0.25) is 0 Å². The van der Waals surface area contributed by atoms with Crippen LogP contribution in [0.2, 0.25) is 5.02 Å². The molecule has 0 aliphatic heterocycles. The van der Waals surface area contributed by atoms with Gasteiger partial charge in [-0.15, -0.1) is 0 Å². The monoisotopic (exact) mass is 308 g/mol. The van der Waals surface area contributed by atoms with Crippen molar-refractivity contribution in [2.45, 2.75) is 26.8 Å². The van der Waals surface area contributed by atoms with Crippen molar-refractivity contribution in [3.63, 3.8) is 0 Å². The highest BCUT2D eigenvalue weighted by Crippen LogP contribution is 2.24. The number of aryl methyl sites for hydroxylation is 1. The van der Waals surface area contributed by atoms with Crippen LogP contribution in [0, 0.1) is 6.92 Å². The van der Waals surface area contributed by atoms with Crippen LogP contribution in [0.1, 0.15) is 31.3 Å². The Bertz CT molecular complexity index is 595. The maximum atomic E-state index is 6.14. The molecule has 0 saturated heterocycles. The van der Waals surface area contributed by atoms with Crippen LogP contribution in [0.25, 0.3) is 11.5 Å². The van der Waals surface area contributed by atoms with E-state index in [0.717, 1.165) is 24.2 Å². The standard InChI is InChI=1S/C15H21ClN4O/c1-4-20(5-2)9-13(17)14-18-15(21-19-14)11-7-6-10(3)12(16)8-11/h6-8,13H,4-5,9,17H2,1-3H3. The summed E-state index contributed by atoms with van der Waals surface area (Å²) in [5.74, 6) is 0.968. The number of rotatable bonds is 6. The molecule has 1 aromatic carbocycles. The molecule has 21 heavy (non-hydrogen) atoms. The van der Waals surface area contributed by atoms with E-state index >= 15 is 0 Å². The molecule has 0 saturated carbocycles. The molecule has 2 N–H and O–H groups in total. The molecule has 2 rings (SSSR count). The minimum atomic E-state index is -0.261. The summed E-state index contributed by atoms with van der Waals surface area (Å²) in [5, 5.41) is 4.67. The highest BCUT2D eigenvalue weighted by Gasteiger charge is 2.17. The van der Waals surface area contributed by atoms with Crippen molar-refractivity contribution >= 4 is 11.6 Å². The molecule has 0 aliphatic carbocycles. The summed E-state index contributed by atoms with van der Waals surface area (Å²) in [6, 6.07) is 5.40. The fourth-order valence-electron chi connectivity index (χ4n) is 2.07. The van der Waals surface area contributed by atoms with Crippen LogP contribution in [-0.4, -0.2) is 34.7 Å². The first kappa shape index (κ1) is 15.9. The molecule has 5 nitrogen and oxygen atoms in total. The zero-order valence-electron chi connectivity index (χ0n) is 12.6. The Morgan fingerprint density at radius 2 is 2.05 bits per heavy atom. The second-order valence-corrected chi connectivity index (χ2v) is 5.42. The third-order valence-electron chi connectivity index (χ3n) is 3.54. The Morgan fingerprint density at radius 3 is 2.67 bits per heavy atom. The van der Waals surface area contributed by atoms with Gasteiger partial charge in [-0.2, -0.15) is 4.98 Å². The van der Waals surface area contributed by atoms with Crippen molar-refractivity contribution < 1.29 is 4.52 Å². The number of hydrogen-bond donors (Lipinski definition) is 1. The molecule has 0 spiro atoms. The van der Waals surface area contributed by atoms with Crippen LogP contribution in [0.3, 0.4) is 0 Å². The van der Waals surface area contributed by atoms with E-state index in [1.54, 1.807) is 0 Å². The number of nitrogens with two attached hydrogens (primary N) is 1. The average Bonchev–Trinajstić information content (AvgIpc) is 2.97. The first-order valence-corrected chi connectivity index (χ1v) is 7.51. The Balaban J connectivity index is 2.15. The molecule has 1 atom stereocenters. The van der Waals surface area contributed by atoms with Crippen molar-refractivity contribution in [3.8, 4) is 11.5 Å². The second-order valence-electron chi connectivity index (χ2n) is 5.01. The van der Waals surface area contributed by atoms with Crippen LogP contribution in [0.5, 0.6) is 0 Å². The van der Waals surface area contributed by atoms with E-state index in [0.29, 0.717) is 23.3 Å². The molecular weight excluding hydrogens is 288 g/mol. The SMILES string of the molecule is CCN(CC)CC(N)c1noc(-c2ccc(C)c(Cl)c2)n1. The van der Waals surface area contributed by atoms with Crippen LogP contribution in [0.4, 0.5) is 0 Å². The topological polar surface area (TPSA) is 68.2 Å². The van der Waals surface area contributed by atoms with Gasteiger partial charge in [0.25, 0.3) is 5.89 Å². The van der Waals surface area contributed by atoms with Crippen molar-refractivity contribution in [3.05, 3.63) is 34.6 Å². The summed E-state index contributed by atoms with van der Waals surface area (Å²) in [5.41, 5.74) is 7.96. The van der Waals surface area contributed by atoms with Gasteiger partial charge in [0, 0.05) is 17.1 Å². The third-order valence-corrected chi connectivity index (χ3v) is 3.95. The fraction of sp³-hybridized carbons (Fsp3) is 0.467. The minimum absolute atomic E-state index is 0.261. The van der Waals surface area contributed by atoms with Crippen molar-refractivity contribution in [2.24, 2.45) is 5.73 Å². The first-order valence-electron chi connectivity index (χ1n) is 7.13. The summed E-state index contributed by atoms with van der Waals surface area (Å²) in [6.45, 7) is 8.76. The van der Waals surface area contributed by atoms with E-state index < -0.39 is 0 Å². The van der Waals surface area contributed by atoms with Crippen LogP contribution in [0.15, 0.2) is 22.7 Å². The van der Waals surface area contributed by atoms with Gasteiger partial charge in [-0.3, -0.25) is 0 Å². The lowest BCUT2D eigenvalue weighted by Crippen LogP contribution is -2.32. The predicted molar refractivity (Wildman–Crippen MR) is 84.2 cm³/mol. The molecule has 114 valence electrons. The molecule has 1 heterocycles. The maximum Gasteiger partial charge on any atom is 0.258 e. The zero-order valence-corrected chi connectivity index (χ0v) is 13.4. The third kappa shape index (κ3) is 3.81. The Kier molecular flexibility index (Phi) is 5.33. The molecule has 0 bridgehead atoms. The number of benzene rings is 1. The lowest BCUT2D eigenvalue weighted by molar-refractivity contribution is 0.278. The molecular formula is C15H21ClN4O. The van der Waals surface area contributed by atoms with Crippen LogP contribution < -0.4 is 5.73 Å². The molecule has 0 fully saturated rings. The fourth-order valence-corrected chi connectivity index (χ4v) is 2.25. The van der Waals surface area contributed by atoms with Crippen molar-refractivity contribution in [2.75, 3.05) is 19.6 Å². The van der Waals surface area contributed by atoms with Crippen LogP contribution in [-0.2, 0) is 0 Å². The first-order chi connectivity index (χ1) is 10.0. The Labute approximate surface area is 130 Å². The van der Waals surface area contributed by atoms with Gasteiger partial charge in [0.1, 0.15) is 0 Å². The van der Waals surface area contributed by atoms with Gasteiger partial charge < -0.3 is 15.2 Å². The normalized spacial score (nSPS) is 12.9. The molecule has 0 amide bonds. The van der Waals surface area contributed by atoms with E-state index in [4.69, 9.17) is 21.9 Å². The largest absolute Gasteiger partial charge is 0.334 e. The summed E-state index contributed by atoms with van der Waals surface area (Å²) in [6.07, 6.45) is 0. The predicted octanol–water partition coefficient (Wildman–Crippen LogP) is 3.04. The number of aromatic nitrogens is 2. The second kappa shape index (κ2) is 7.02. The minimum Gasteiger partial charge on any atom is -0.334 e. The van der Waals surface area contributed by atoms with Crippen molar-refractivity contribution in [1.82, 2.24) is 15.0 Å². The van der Waals surface area contributed by atoms with E-state index in [1.807, 2.05) is 25.1 Å². The number of likely N-dealkylation sites (N-methyl/N-ethyl adjacent to an activating group) is 1. The molecule has 6 heteroatoms. The van der Waals surface area contributed by atoms with Gasteiger partial charge in [-0.1, -0.05) is 36.7 Å². The summed E-state index contributed by atoms with van der Waals surface area (Å²) in [7, 11) is 0. The lowest BCUT2D eigenvalue weighted by Gasteiger charge is -2.20. The molecule has 2 aromatic rings. The number of hydrogen-bond acceptors (Lipinski definition) is 5. The van der Waals surface area contributed by atoms with Gasteiger partial charge in [0.05, 0.1) is 6.04 Å². The quantitative estimate of drug-likeness (QED) is 0.888. The van der Waals surface area contributed by atoms with E-state index in [-0.39, 0.29) is 6.04 Å². The summed E-state index contributed by atoms with van der Waals surface area (Å²) < 4.78 is 5.30. The molecule has 0 aliphatic rings. The van der Waals surface area contributed by atoms with E-state index in [1.165, 1.54) is 0 Å². The summed E-state index contributed by atoms with van der Waals surface area (Å²) >= 11 is 6.12. The summed E-state index contributed by atoms with van der Waals surface area (Å²) in [4.78, 5) is 6.61. The molecule has 1 aromatic heterocycles. The van der Waals surface area contributed by atoms with Crippen LogP contribution >= 0.6 is 11.6 Å². The highest BCUT2D eigenvalue weighted by molar-refractivity contribution is 6.31. The highest BCUT2D eigenvalue weighted by atomic mass is 35.5. The average molecular weight is 309 g/mol. The van der Waals surface area contributed by atoms with Gasteiger partial charge in [0.15, 0.2) is 5.82 Å². The Hall–Kier alpha value is -1.43. The van der Waals surface area contributed by atoms with Gasteiger partial charge >= 0.3 is 0 Å². The van der Waals surface area contributed by atoms with Gasteiger partial charge in [-0.05, 0) is 37.7 Å².